The van der Waals surface area contributed by atoms with Crippen LogP contribution < -0.4 is 5.32 Å². The third kappa shape index (κ3) is 5.66. The van der Waals surface area contributed by atoms with Crippen molar-refractivity contribution >= 4 is 15.9 Å². The van der Waals surface area contributed by atoms with Crippen molar-refractivity contribution in [2.75, 3.05) is 32.7 Å². The van der Waals surface area contributed by atoms with Gasteiger partial charge in [-0.1, -0.05) is 13.0 Å². The van der Waals surface area contributed by atoms with Gasteiger partial charge in [0.05, 0.1) is 17.0 Å². The highest BCUT2D eigenvalue weighted by Crippen LogP contribution is 2.31. The molecule has 27 heavy (non-hydrogen) atoms. The van der Waals surface area contributed by atoms with Crippen molar-refractivity contribution in [1.29, 1.82) is 0 Å². The molecule has 1 aliphatic rings. The normalized spacial score (nSPS) is 18.3. The Hall–Kier alpha value is -1.65. The standard InChI is InChI=1S/C17H24F3N3O3S/c1-3-13(2)21-16(24)12-22-7-9-23(10-8-22)27(25,26)15-6-4-5-14(11-15)17(18,19)20/h4-6,11,13H,3,7-10,12H2,1-2H3,(H,21,24). The molecule has 0 spiro atoms. The van der Waals surface area contributed by atoms with E-state index in [1.807, 2.05) is 18.7 Å². The number of piperazine rings is 1. The molecule has 6 nitrogen and oxygen atoms in total. The highest BCUT2D eigenvalue weighted by atomic mass is 32.2. The molecule has 10 heteroatoms. The summed E-state index contributed by atoms with van der Waals surface area (Å²) in [5, 5.41) is 2.85. The summed E-state index contributed by atoms with van der Waals surface area (Å²) in [5.41, 5.74) is -0.996. The number of rotatable bonds is 6. The van der Waals surface area contributed by atoms with E-state index in [4.69, 9.17) is 0 Å². The highest BCUT2D eigenvalue weighted by molar-refractivity contribution is 7.89. The van der Waals surface area contributed by atoms with E-state index in [1.54, 1.807) is 0 Å². The van der Waals surface area contributed by atoms with Crippen molar-refractivity contribution in [2.45, 2.75) is 37.4 Å². The van der Waals surface area contributed by atoms with Crippen molar-refractivity contribution in [1.82, 2.24) is 14.5 Å². The van der Waals surface area contributed by atoms with Gasteiger partial charge in [0.25, 0.3) is 0 Å². The number of amides is 1. The molecule has 0 bridgehead atoms. The van der Waals surface area contributed by atoms with Gasteiger partial charge in [0.15, 0.2) is 0 Å². The Balaban J connectivity index is 2.00. The summed E-state index contributed by atoms with van der Waals surface area (Å²) >= 11 is 0. The second-order valence-corrected chi connectivity index (χ2v) is 8.52. The van der Waals surface area contributed by atoms with Gasteiger partial charge in [0, 0.05) is 32.2 Å². The molecular weight excluding hydrogens is 383 g/mol. The molecular formula is C17H24F3N3O3S. The Morgan fingerprint density at radius 1 is 1.22 bits per heavy atom. The Kier molecular flexibility index (Phi) is 6.87. The molecule has 1 saturated heterocycles. The first kappa shape index (κ1) is 21.6. The molecule has 0 aliphatic carbocycles. The van der Waals surface area contributed by atoms with Crippen LogP contribution in [0.2, 0.25) is 0 Å². The van der Waals surface area contributed by atoms with Crippen LogP contribution in [-0.4, -0.2) is 62.3 Å². The zero-order chi connectivity index (χ0) is 20.2. The maximum absolute atomic E-state index is 12.8. The van der Waals surface area contributed by atoms with E-state index >= 15 is 0 Å². The quantitative estimate of drug-likeness (QED) is 0.782. The van der Waals surface area contributed by atoms with Crippen LogP contribution in [-0.2, 0) is 21.0 Å². The van der Waals surface area contributed by atoms with E-state index < -0.39 is 21.8 Å². The fourth-order valence-corrected chi connectivity index (χ4v) is 4.20. The minimum Gasteiger partial charge on any atom is -0.353 e. The van der Waals surface area contributed by atoms with Gasteiger partial charge in [-0.3, -0.25) is 9.69 Å². The predicted molar refractivity (Wildman–Crippen MR) is 94.5 cm³/mol. The number of hydrogen-bond donors (Lipinski definition) is 1. The van der Waals surface area contributed by atoms with Crippen molar-refractivity contribution < 1.29 is 26.4 Å². The summed E-state index contributed by atoms with van der Waals surface area (Å²) in [5.74, 6) is -0.126. The molecule has 1 atom stereocenters. The molecule has 0 radical (unpaired) electrons. The van der Waals surface area contributed by atoms with Crippen LogP contribution in [0.4, 0.5) is 13.2 Å². The minimum absolute atomic E-state index is 0.0695. The predicted octanol–water partition coefficient (Wildman–Crippen LogP) is 1.93. The van der Waals surface area contributed by atoms with Gasteiger partial charge in [0.1, 0.15) is 0 Å². The molecule has 1 aromatic rings. The first-order chi connectivity index (χ1) is 12.5. The van der Waals surface area contributed by atoms with Crippen molar-refractivity contribution in [3.63, 3.8) is 0 Å². The maximum Gasteiger partial charge on any atom is 0.416 e. The number of sulfonamides is 1. The summed E-state index contributed by atoms with van der Waals surface area (Å²) in [7, 11) is -4.01. The van der Waals surface area contributed by atoms with E-state index in [0.29, 0.717) is 19.2 Å². The highest BCUT2D eigenvalue weighted by Gasteiger charge is 2.34. The zero-order valence-electron chi connectivity index (χ0n) is 15.3. The topological polar surface area (TPSA) is 69.7 Å². The summed E-state index contributed by atoms with van der Waals surface area (Å²) in [4.78, 5) is 13.4. The number of carbonyl (C=O) groups excluding carboxylic acids is 1. The number of benzene rings is 1. The minimum atomic E-state index is -4.60. The van der Waals surface area contributed by atoms with Crippen LogP contribution in [0.5, 0.6) is 0 Å². The van der Waals surface area contributed by atoms with Crippen LogP contribution in [0.15, 0.2) is 29.2 Å². The van der Waals surface area contributed by atoms with Gasteiger partial charge in [-0.15, -0.1) is 0 Å². The smallest absolute Gasteiger partial charge is 0.353 e. The summed E-state index contributed by atoms with van der Waals surface area (Å²) in [6.07, 6.45) is -3.79. The lowest BCUT2D eigenvalue weighted by molar-refractivity contribution is -0.137. The number of nitrogens with one attached hydrogen (secondary N) is 1. The van der Waals surface area contributed by atoms with Crippen LogP contribution in [0.3, 0.4) is 0 Å². The van der Waals surface area contributed by atoms with Crippen LogP contribution in [0, 0.1) is 0 Å². The molecule has 1 N–H and O–H groups in total. The second-order valence-electron chi connectivity index (χ2n) is 6.58. The molecule has 1 aliphatic heterocycles. The van der Waals surface area contributed by atoms with E-state index in [1.165, 1.54) is 0 Å². The number of hydrogen-bond acceptors (Lipinski definition) is 4. The summed E-state index contributed by atoms with van der Waals surface area (Å²) in [6, 6.07) is 3.82. The average molecular weight is 407 g/mol. The number of nitrogens with zero attached hydrogens (tertiary/aromatic N) is 2. The van der Waals surface area contributed by atoms with Gasteiger partial charge in [-0.25, -0.2) is 8.42 Å². The van der Waals surface area contributed by atoms with Crippen molar-refractivity contribution in [2.24, 2.45) is 0 Å². The number of alkyl halides is 3. The van der Waals surface area contributed by atoms with Crippen molar-refractivity contribution in [3.8, 4) is 0 Å². The molecule has 0 aromatic heterocycles. The summed E-state index contributed by atoms with van der Waals surface area (Å²) < 4.78 is 64.9. The lowest BCUT2D eigenvalue weighted by Crippen LogP contribution is -2.51. The van der Waals surface area contributed by atoms with Crippen LogP contribution in [0.1, 0.15) is 25.8 Å². The third-order valence-electron chi connectivity index (χ3n) is 4.52. The molecule has 0 saturated carbocycles. The molecule has 1 heterocycles. The number of carbonyl (C=O) groups is 1. The van der Waals surface area contributed by atoms with Gasteiger partial charge in [0.2, 0.25) is 15.9 Å². The Morgan fingerprint density at radius 2 is 1.85 bits per heavy atom. The monoisotopic (exact) mass is 407 g/mol. The fraction of sp³-hybridized carbons (Fsp3) is 0.588. The van der Waals surface area contributed by atoms with Crippen LogP contribution in [0.25, 0.3) is 0 Å². The molecule has 1 unspecified atom stereocenters. The van der Waals surface area contributed by atoms with Crippen molar-refractivity contribution in [3.05, 3.63) is 29.8 Å². The van der Waals surface area contributed by atoms with E-state index in [2.05, 4.69) is 5.32 Å². The Labute approximate surface area is 157 Å². The van der Waals surface area contributed by atoms with Gasteiger partial charge in [-0.05, 0) is 31.5 Å². The fourth-order valence-electron chi connectivity index (χ4n) is 2.74. The van der Waals surface area contributed by atoms with Gasteiger partial charge >= 0.3 is 6.18 Å². The lowest BCUT2D eigenvalue weighted by Gasteiger charge is -2.33. The maximum atomic E-state index is 12.8. The lowest BCUT2D eigenvalue weighted by atomic mass is 10.2. The number of halogens is 3. The van der Waals surface area contributed by atoms with E-state index in [0.717, 1.165) is 28.9 Å². The summed E-state index contributed by atoms with van der Waals surface area (Å²) in [6.45, 7) is 4.95. The van der Waals surface area contributed by atoms with Crippen LogP contribution >= 0.6 is 0 Å². The first-order valence-electron chi connectivity index (χ1n) is 8.73. The Bertz CT molecular complexity index is 760. The molecule has 152 valence electrons. The molecule has 2 rings (SSSR count). The Morgan fingerprint density at radius 3 is 2.41 bits per heavy atom. The third-order valence-corrected chi connectivity index (χ3v) is 6.41. The largest absolute Gasteiger partial charge is 0.416 e. The second kappa shape index (κ2) is 8.57. The zero-order valence-corrected chi connectivity index (χ0v) is 16.1. The van der Waals surface area contributed by atoms with E-state index in [-0.39, 0.29) is 36.5 Å². The molecule has 1 aromatic carbocycles. The average Bonchev–Trinajstić information content (AvgIpc) is 2.61. The first-order valence-corrected chi connectivity index (χ1v) is 10.2. The SMILES string of the molecule is CCC(C)NC(=O)CN1CCN(S(=O)(=O)c2cccc(C(F)(F)F)c2)CC1. The molecule has 1 amide bonds. The van der Waals surface area contributed by atoms with E-state index in [9.17, 15) is 26.4 Å². The van der Waals surface area contributed by atoms with Gasteiger partial charge in [-0.2, -0.15) is 17.5 Å². The molecule has 1 fully saturated rings. The van der Waals surface area contributed by atoms with Gasteiger partial charge < -0.3 is 5.32 Å².